The third kappa shape index (κ3) is 5.73. The number of aromatic nitrogens is 1. The highest BCUT2D eigenvalue weighted by molar-refractivity contribution is 6.15. The van der Waals surface area contributed by atoms with Crippen molar-refractivity contribution in [2.75, 3.05) is 4.90 Å². The third-order valence-corrected chi connectivity index (χ3v) is 11.9. The van der Waals surface area contributed by atoms with Gasteiger partial charge in [-0.05, 0) is 123 Å². The molecule has 0 saturated heterocycles. The smallest absolute Gasteiger partial charge is 0.0547 e. The van der Waals surface area contributed by atoms with E-state index >= 15 is 0 Å². The predicted molar refractivity (Wildman–Crippen MR) is 248 cm³/mol. The van der Waals surface area contributed by atoms with Crippen molar-refractivity contribution in [3.05, 3.63) is 224 Å². The lowest BCUT2D eigenvalue weighted by Gasteiger charge is -2.26. The number of hydrogen-bond acceptors (Lipinski definition) is 1. The van der Waals surface area contributed by atoms with Crippen LogP contribution in [0.1, 0.15) is 18.4 Å². The Morgan fingerprint density at radius 2 is 1.00 bits per heavy atom. The van der Waals surface area contributed by atoms with E-state index in [1.54, 1.807) is 0 Å². The van der Waals surface area contributed by atoms with Crippen LogP contribution >= 0.6 is 0 Å². The van der Waals surface area contributed by atoms with Gasteiger partial charge in [0.1, 0.15) is 0 Å². The van der Waals surface area contributed by atoms with E-state index in [0.29, 0.717) is 0 Å². The first-order valence-corrected chi connectivity index (χ1v) is 20.2. The minimum atomic E-state index is 1.06. The minimum absolute atomic E-state index is 1.06. The molecule has 2 heteroatoms. The lowest BCUT2D eigenvalue weighted by molar-refractivity contribution is 1.06. The Morgan fingerprint density at radius 3 is 1.76 bits per heavy atom. The molecule has 58 heavy (non-hydrogen) atoms. The summed E-state index contributed by atoms with van der Waals surface area (Å²) < 4.78 is 2.47. The molecule has 10 aromatic rings. The summed E-state index contributed by atoms with van der Waals surface area (Å²) in [5, 5.41) is 7.70. The van der Waals surface area contributed by atoms with Gasteiger partial charge >= 0.3 is 0 Å². The van der Waals surface area contributed by atoms with Gasteiger partial charge < -0.3 is 9.47 Å². The first-order valence-electron chi connectivity index (χ1n) is 20.2. The lowest BCUT2D eigenvalue weighted by atomic mass is 9.93. The summed E-state index contributed by atoms with van der Waals surface area (Å²) in [6, 6.07) is 73.1. The molecule has 1 aromatic heterocycles. The van der Waals surface area contributed by atoms with Crippen molar-refractivity contribution >= 4 is 66.0 Å². The van der Waals surface area contributed by atoms with Crippen molar-refractivity contribution < 1.29 is 0 Å². The summed E-state index contributed by atoms with van der Waals surface area (Å²) in [5.74, 6) is 0. The second-order valence-corrected chi connectivity index (χ2v) is 15.2. The quantitative estimate of drug-likeness (QED) is 0.148. The molecule has 1 heterocycles. The highest BCUT2D eigenvalue weighted by atomic mass is 15.1. The molecule has 0 saturated carbocycles. The van der Waals surface area contributed by atoms with Crippen LogP contribution in [0.15, 0.2) is 218 Å². The average Bonchev–Trinajstić information content (AvgIpc) is 3.64. The van der Waals surface area contributed by atoms with Crippen LogP contribution in [0, 0.1) is 0 Å². The summed E-state index contributed by atoms with van der Waals surface area (Å²) in [7, 11) is 0. The first-order chi connectivity index (χ1) is 28.8. The van der Waals surface area contributed by atoms with Crippen LogP contribution in [-0.2, 0) is 0 Å². The summed E-state index contributed by atoms with van der Waals surface area (Å²) in [5.41, 5.74) is 14.5. The van der Waals surface area contributed by atoms with Gasteiger partial charge in [0, 0.05) is 33.4 Å². The third-order valence-electron chi connectivity index (χ3n) is 11.9. The standard InChI is InChI=1S/C56H40N2/c1-3-16-39(17-4-1)48-26-15-29-55-56(48)51-25-12-14-28-54(51)58(55)53-27-13-11-22-47(53)40-30-34-44(35-31-40)57(43-19-5-2-6-20-43)45-36-32-41(33-37-45)52-38-42-18-7-8-21-46(42)49-23-9-10-24-50(49)52/h1-3,5-16,18-38H,4,17H2. The van der Waals surface area contributed by atoms with Crippen LogP contribution in [0.2, 0.25) is 0 Å². The molecule has 0 unspecified atom stereocenters. The monoisotopic (exact) mass is 740 g/mol. The van der Waals surface area contributed by atoms with E-state index in [1.807, 2.05) is 0 Å². The molecule has 11 rings (SSSR count). The zero-order valence-electron chi connectivity index (χ0n) is 32.1. The number of para-hydroxylation sites is 3. The summed E-state index contributed by atoms with van der Waals surface area (Å²) in [6.45, 7) is 0. The fourth-order valence-electron chi connectivity index (χ4n) is 9.18. The van der Waals surface area contributed by atoms with Gasteiger partial charge in [-0.15, -0.1) is 0 Å². The van der Waals surface area contributed by atoms with Gasteiger partial charge in [-0.1, -0.05) is 158 Å². The molecule has 1 aliphatic rings. The van der Waals surface area contributed by atoms with E-state index in [2.05, 4.69) is 228 Å². The normalized spacial score (nSPS) is 12.7. The molecule has 1 aliphatic carbocycles. The van der Waals surface area contributed by atoms with Gasteiger partial charge in [0.25, 0.3) is 0 Å². The molecule has 0 N–H and O–H groups in total. The highest BCUT2D eigenvalue weighted by Crippen LogP contribution is 2.42. The zero-order chi connectivity index (χ0) is 38.4. The summed E-state index contributed by atoms with van der Waals surface area (Å²) >= 11 is 0. The van der Waals surface area contributed by atoms with Gasteiger partial charge in [-0.2, -0.15) is 0 Å². The Labute approximate surface area is 338 Å². The second-order valence-electron chi connectivity index (χ2n) is 15.2. The van der Waals surface area contributed by atoms with Crippen molar-refractivity contribution in [1.29, 1.82) is 0 Å². The largest absolute Gasteiger partial charge is 0.311 e. The molecule has 274 valence electrons. The van der Waals surface area contributed by atoms with E-state index in [9.17, 15) is 0 Å². The number of rotatable bonds is 7. The van der Waals surface area contributed by atoms with E-state index in [4.69, 9.17) is 0 Å². The maximum Gasteiger partial charge on any atom is 0.0547 e. The summed E-state index contributed by atoms with van der Waals surface area (Å²) in [4.78, 5) is 2.35. The maximum atomic E-state index is 2.47. The van der Waals surface area contributed by atoms with Gasteiger partial charge in [0.05, 0.1) is 16.7 Å². The minimum Gasteiger partial charge on any atom is -0.311 e. The van der Waals surface area contributed by atoms with E-state index < -0.39 is 0 Å². The maximum absolute atomic E-state index is 2.47. The molecule has 0 aliphatic heterocycles. The van der Waals surface area contributed by atoms with Crippen molar-refractivity contribution in [1.82, 2.24) is 4.57 Å². The Hall–Kier alpha value is -7.42. The van der Waals surface area contributed by atoms with Crippen LogP contribution in [-0.4, -0.2) is 4.57 Å². The van der Waals surface area contributed by atoms with E-state index in [0.717, 1.165) is 29.9 Å². The van der Waals surface area contributed by atoms with E-state index in [1.165, 1.54) is 82.4 Å². The Bertz CT molecular complexity index is 3200. The molecule has 0 spiro atoms. The SMILES string of the molecule is C1=CCCC(c2cccc3c2c2ccccc2n3-c2ccccc2-c2ccc(N(c3ccccc3)c3ccc(-c4cc5ccccc5c5ccccc45)cc3)cc2)=C1. The van der Waals surface area contributed by atoms with Gasteiger partial charge in [-0.25, -0.2) is 0 Å². The molecule has 0 atom stereocenters. The molecular formula is C56H40N2. The number of benzene rings is 9. The van der Waals surface area contributed by atoms with Crippen LogP contribution in [0.4, 0.5) is 17.1 Å². The number of fused-ring (bicyclic) bond motifs is 6. The van der Waals surface area contributed by atoms with Crippen LogP contribution in [0.5, 0.6) is 0 Å². The molecule has 2 nitrogen and oxygen atoms in total. The van der Waals surface area contributed by atoms with Crippen LogP contribution in [0.3, 0.4) is 0 Å². The van der Waals surface area contributed by atoms with E-state index in [-0.39, 0.29) is 0 Å². The molecule has 0 amide bonds. The number of allylic oxidation sites excluding steroid dienone is 4. The Morgan fingerprint density at radius 1 is 0.414 bits per heavy atom. The fourth-order valence-corrected chi connectivity index (χ4v) is 9.18. The summed E-state index contributed by atoms with van der Waals surface area (Å²) in [6.07, 6.45) is 8.90. The van der Waals surface area contributed by atoms with Crippen molar-refractivity contribution in [3.8, 4) is 27.9 Å². The molecule has 9 aromatic carbocycles. The molecule has 0 bridgehead atoms. The molecular weight excluding hydrogens is 701 g/mol. The van der Waals surface area contributed by atoms with Gasteiger partial charge in [-0.3, -0.25) is 0 Å². The van der Waals surface area contributed by atoms with Gasteiger partial charge in [0.15, 0.2) is 0 Å². The van der Waals surface area contributed by atoms with Crippen LogP contribution < -0.4 is 4.90 Å². The van der Waals surface area contributed by atoms with Crippen molar-refractivity contribution in [2.24, 2.45) is 0 Å². The predicted octanol–water partition coefficient (Wildman–Crippen LogP) is 15.6. The zero-order valence-corrected chi connectivity index (χ0v) is 32.1. The highest BCUT2D eigenvalue weighted by Gasteiger charge is 2.20. The van der Waals surface area contributed by atoms with Crippen molar-refractivity contribution in [3.63, 3.8) is 0 Å². The van der Waals surface area contributed by atoms with Crippen molar-refractivity contribution in [2.45, 2.75) is 12.8 Å². The average molecular weight is 741 g/mol. The Kier molecular flexibility index (Phi) is 8.33. The first kappa shape index (κ1) is 33.9. The number of anilines is 3. The fraction of sp³-hybridized carbons (Fsp3) is 0.0357. The Balaban J connectivity index is 0.996. The molecule has 0 radical (unpaired) electrons. The second kappa shape index (κ2) is 14.3. The number of nitrogens with zero attached hydrogens (tertiary/aromatic N) is 2. The van der Waals surface area contributed by atoms with Gasteiger partial charge in [0.2, 0.25) is 0 Å². The topological polar surface area (TPSA) is 8.17 Å². The molecule has 0 fully saturated rings. The number of hydrogen-bond donors (Lipinski definition) is 0. The lowest BCUT2D eigenvalue weighted by Crippen LogP contribution is -2.09. The van der Waals surface area contributed by atoms with Crippen LogP contribution in [0.25, 0.3) is 76.9 Å².